The number of hydrogen-bond acceptors (Lipinski definition) is 1. The maximum absolute atomic E-state index is 3.32. The molecule has 0 aliphatic carbocycles. The highest BCUT2D eigenvalue weighted by Crippen LogP contribution is 2.23. The molecule has 0 fully saturated rings. The minimum absolute atomic E-state index is 0.549. The van der Waals surface area contributed by atoms with E-state index in [0.717, 1.165) is 6.54 Å². The van der Waals surface area contributed by atoms with Crippen LogP contribution < -0.4 is 5.32 Å². The lowest BCUT2D eigenvalue weighted by Crippen LogP contribution is -2.02. The van der Waals surface area contributed by atoms with Crippen molar-refractivity contribution in [2.45, 2.75) is 26.7 Å². The van der Waals surface area contributed by atoms with Crippen LogP contribution in [0.5, 0.6) is 0 Å². The Morgan fingerprint density at radius 3 is 2.64 bits per heavy atom. The fourth-order valence-corrected chi connectivity index (χ4v) is 1.39. The smallest absolute Gasteiger partial charge is 0.0765 e. The second-order valence-corrected chi connectivity index (χ2v) is 3.52. The van der Waals surface area contributed by atoms with Crippen molar-refractivity contribution in [1.29, 1.82) is 0 Å². The lowest BCUT2D eigenvalue weighted by molar-refractivity contribution is 0.867. The molecular weight excluding hydrogens is 170 g/mol. The molecule has 1 heteroatoms. The van der Waals surface area contributed by atoms with Crippen molar-refractivity contribution in [2.75, 3.05) is 11.9 Å². The highest BCUT2D eigenvalue weighted by molar-refractivity contribution is 5.53. The first-order chi connectivity index (χ1) is 6.75. The highest BCUT2D eigenvalue weighted by atomic mass is 14.9. The van der Waals surface area contributed by atoms with E-state index >= 15 is 0 Å². The van der Waals surface area contributed by atoms with E-state index in [1.54, 1.807) is 0 Å². The first kappa shape index (κ1) is 10.7. The van der Waals surface area contributed by atoms with Gasteiger partial charge < -0.3 is 5.32 Å². The van der Waals surface area contributed by atoms with Crippen LogP contribution in [-0.4, -0.2) is 6.54 Å². The third kappa shape index (κ3) is 2.81. The van der Waals surface area contributed by atoms with Gasteiger partial charge in [-0.1, -0.05) is 38.0 Å². The van der Waals surface area contributed by atoms with Crippen LogP contribution in [0.15, 0.2) is 24.3 Å². The molecule has 0 bridgehead atoms. The highest BCUT2D eigenvalue weighted by Gasteiger charge is 2.03. The van der Waals surface area contributed by atoms with Gasteiger partial charge in [-0.25, -0.2) is 0 Å². The zero-order valence-corrected chi connectivity index (χ0v) is 9.09. The molecule has 1 rings (SSSR count). The topological polar surface area (TPSA) is 12.0 Å². The van der Waals surface area contributed by atoms with Crippen molar-refractivity contribution in [2.24, 2.45) is 0 Å². The molecule has 0 saturated heterocycles. The van der Waals surface area contributed by atoms with Crippen LogP contribution in [0.25, 0.3) is 0 Å². The summed E-state index contributed by atoms with van der Waals surface area (Å²) in [7, 11) is 0. The molecule has 0 unspecified atom stereocenters. The number of rotatable bonds is 3. The molecule has 0 saturated carbocycles. The van der Waals surface area contributed by atoms with E-state index in [9.17, 15) is 0 Å². The fraction of sp³-hybridized carbons (Fsp3) is 0.385. The predicted octanol–water partition coefficient (Wildman–Crippen LogP) is 3.25. The molecule has 0 aliphatic rings. The molecule has 0 atom stereocenters. The molecule has 0 amide bonds. The molecular formula is C13H17N. The molecule has 0 aromatic heterocycles. The first-order valence-electron chi connectivity index (χ1n) is 4.98. The van der Waals surface area contributed by atoms with Gasteiger partial charge in [-0.2, -0.15) is 0 Å². The van der Waals surface area contributed by atoms with Gasteiger partial charge in [-0.15, -0.1) is 5.92 Å². The molecule has 1 nitrogen and oxygen atoms in total. The van der Waals surface area contributed by atoms with Gasteiger partial charge in [0.1, 0.15) is 0 Å². The van der Waals surface area contributed by atoms with Crippen molar-refractivity contribution in [3.05, 3.63) is 29.8 Å². The van der Waals surface area contributed by atoms with Gasteiger partial charge in [-0.05, 0) is 24.5 Å². The zero-order valence-electron chi connectivity index (χ0n) is 9.09. The average molecular weight is 187 g/mol. The number of hydrogen-bond donors (Lipinski definition) is 1. The molecule has 1 aromatic rings. The summed E-state index contributed by atoms with van der Waals surface area (Å²) in [5, 5.41) is 3.32. The van der Waals surface area contributed by atoms with Crippen LogP contribution in [0.2, 0.25) is 0 Å². The van der Waals surface area contributed by atoms with E-state index in [4.69, 9.17) is 0 Å². The zero-order chi connectivity index (χ0) is 10.4. The van der Waals surface area contributed by atoms with E-state index in [0.29, 0.717) is 5.92 Å². The van der Waals surface area contributed by atoms with E-state index < -0.39 is 0 Å². The third-order valence-electron chi connectivity index (χ3n) is 2.13. The Morgan fingerprint density at radius 2 is 2.00 bits per heavy atom. The maximum Gasteiger partial charge on any atom is 0.0765 e. The summed E-state index contributed by atoms with van der Waals surface area (Å²) < 4.78 is 0. The Morgan fingerprint density at radius 1 is 1.29 bits per heavy atom. The van der Waals surface area contributed by atoms with Crippen LogP contribution in [0, 0.1) is 11.8 Å². The minimum Gasteiger partial charge on any atom is -0.374 e. The number of benzene rings is 1. The number of anilines is 1. The summed E-state index contributed by atoms with van der Waals surface area (Å²) in [5.41, 5.74) is 2.55. The number of para-hydroxylation sites is 1. The van der Waals surface area contributed by atoms with Crippen LogP contribution in [0.1, 0.15) is 32.3 Å². The summed E-state index contributed by atoms with van der Waals surface area (Å²) in [6.07, 6.45) is 0. The van der Waals surface area contributed by atoms with E-state index in [2.05, 4.69) is 49.2 Å². The van der Waals surface area contributed by atoms with Crippen molar-refractivity contribution >= 4 is 5.69 Å². The van der Waals surface area contributed by atoms with Crippen molar-refractivity contribution < 1.29 is 0 Å². The van der Waals surface area contributed by atoms with Gasteiger partial charge in [0.2, 0.25) is 0 Å². The fourth-order valence-electron chi connectivity index (χ4n) is 1.39. The predicted molar refractivity (Wildman–Crippen MR) is 62.5 cm³/mol. The Bertz CT molecular complexity index is 342. The average Bonchev–Trinajstić information content (AvgIpc) is 2.19. The molecule has 1 aromatic carbocycles. The monoisotopic (exact) mass is 187 g/mol. The second-order valence-electron chi connectivity index (χ2n) is 3.52. The second kappa shape index (κ2) is 5.34. The van der Waals surface area contributed by atoms with Gasteiger partial charge >= 0.3 is 0 Å². The quantitative estimate of drug-likeness (QED) is 0.716. The summed E-state index contributed by atoms with van der Waals surface area (Å²) in [6.45, 7) is 6.98. The first-order valence-corrected chi connectivity index (χ1v) is 4.98. The van der Waals surface area contributed by atoms with Crippen molar-refractivity contribution in [3.8, 4) is 11.8 Å². The molecule has 74 valence electrons. The Labute approximate surface area is 86.5 Å². The van der Waals surface area contributed by atoms with Crippen LogP contribution in [0.3, 0.4) is 0 Å². The minimum atomic E-state index is 0.549. The molecule has 1 N–H and O–H groups in total. The summed E-state index contributed by atoms with van der Waals surface area (Å²) in [4.78, 5) is 0. The van der Waals surface area contributed by atoms with Crippen LogP contribution in [0.4, 0.5) is 5.69 Å². The third-order valence-corrected chi connectivity index (χ3v) is 2.13. The van der Waals surface area contributed by atoms with E-state index in [1.807, 2.05) is 13.0 Å². The van der Waals surface area contributed by atoms with Gasteiger partial charge in [0.05, 0.1) is 6.54 Å². The van der Waals surface area contributed by atoms with Crippen molar-refractivity contribution in [1.82, 2.24) is 0 Å². The summed E-state index contributed by atoms with van der Waals surface area (Å²) in [5.74, 6) is 6.43. The Kier molecular flexibility index (Phi) is 4.07. The molecule has 14 heavy (non-hydrogen) atoms. The largest absolute Gasteiger partial charge is 0.374 e. The summed E-state index contributed by atoms with van der Waals surface area (Å²) in [6, 6.07) is 8.39. The lowest BCUT2D eigenvalue weighted by atomic mass is 10.0. The maximum atomic E-state index is 3.32. The molecule has 0 aliphatic heterocycles. The lowest BCUT2D eigenvalue weighted by Gasteiger charge is -2.12. The van der Waals surface area contributed by atoms with Gasteiger partial charge in [0, 0.05) is 5.69 Å². The van der Waals surface area contributed by atoms with Crippen molar-refractivity contribution in [3.63, 3.8) is 0 Å². The van der Waals surface area contributed by atoms with E-state index in [1.165, 1.54) is 11.3 Å². The standard InChI is InChI=1S/C13H17N/c1-4-5-10-14-13-9-7-6-8-12(13)11(2)3/h6-9,11,14H,10H2,1-3H3. The normalized spacial score (nSPS) is 9.43. The van der Waals surface area contributed by atoms with Crippen LogP contribution in [-0.2, 0) is 0 Å². The Hall–Kier alpha value is -1.42. The van der Waals surface area contributed by atoms with E-state index in [-0.39, 0.29) is 0 Å². The Balaban J connectivity index is 2.77. The molecule has 0 radical (unpaired) electrons. The number of nitrogens with one attached hydrogen (secondary N) is 1. The summed E-state index contributed by atoms with van der Waals surface area (Å²) >= 11 is 0. The molecule has 0 heterocycles. The van der Waals surface area contributed by atoms with Crippen LogP contribution >= 0.6 is 0 Å². The van der Waals surface area contributed by atoms with Gasteiger partial charge in [0.25, 0.3) is 0 Å². The van der Waals surface area contributed by atoms with Gasteiger partial charge in [-0.3, -0.25) is 0 Å². The SMILES string of the molecule is CC#CCNc1ccccc1C(C)C. The molecule has 0 spiro atoms. The van der Waals surface area contributed by atoms with Gasteiger partial charge in [0.15, 0.2) is 0 Å².